The zero-order valence-corrected chi connectivity index (χ0v) is 19.3. The predicted molar refractivity (Wildman–Crippen MR) is 125 cm³/mol. The summed E-state index contributed by atoms with van der Waals surface area (Å²) in [6.45, 7) is 1.58. The van der Waals surface area contributed by atoms with Crippen molar-refractivity contribution in [3.63, 3.8) is 0 Å². The summed E-state index contributed by atoms with van der Waals surface area (Å²) in [6, 6.07) is 11.7. The van der Waals surface area contributed by atoms with Crippen molar-refractivity contribution in [3.05, 3.63) is 86.7 Å². The number of aromatic nitrogens is 3. The Balaban J connectivity index is 1.54. The van der Waals surface area contributed by atoms with Crippen LogP contribution in [0.15, 0.2) is 80.0 Å². The van der Waals surface area contributed by atoms with E-state index >= 15 is 0 Å². The minimum absolute atomic E-state index is 0.0189. The number of azo groups is 1. The highest BCUT2D eigenvalue weighted by molar-refractivity contribution is 7.93. The van der Waals surface area contributed by atoms with Crippen LogP contribution in [-0.4, -0.2) is 29.1 Å². The Hall–Kier alpha value is -3.61. The van der Waals surface area contributed by atoms with Crippen LogP contribution in [0.2, 0.25) is 5.02 Å². The van der Waals surface area contributed by atoms with Gasteiger partial charge in [0.15, 0.2) is 10.8 Å². The van der Waals surface area contributed by atoms with Gasteiger partial charge in [-0.3, -0.25) is 19.4 Å². The van der Waals surface area contributed by atoms with Crippen LogP contribution < -0.4 is 10.3 Å². The molecule has 2 aromatic heterocycles. The van der Waals surface area contributed by atoms with E-state index in [9.17, 15) is 18.0 Å². The maximum atomic E-state index is 12.7. The average Bonchev–Trinajstić information content (AvgIpc) is 3.40. The number of aromatic amines is 1. The number of aryl methyl sites for hydroxylation is 1. The van der Waals surface area contributed by atoms with Gasteiger partial charge in [-0.05, 0) is 55.5 Å². The molecule has 2 heterocycles. The molecule has 0 fully saturated rings. The lowest BCUT2D eigenvalue weighted by Crippen LogP contribution is -2.25. The summed E-state index contributed by atoms with van der Waals surface area (Å²) in [7, 11) is -3.79. The Bertz CT molecular complexity index is 1490. The number of hydrogen-bond donors (Lipinski definition) is 2. The van der Waals surface area contributed by atoms with Crippen molar-refractivity contribution < 1.29 is 13.2 Å². The number of H-pyrrole nitrogens is 1. The van der Waals surface area contributed by atoms with Crippen LogP contribution in [0.3, 0.4) is 0 Å². The van der Waals surface area contributed by atoms with Gasteiger partial charge in [-0.1, -0.05) is 11.6 Å². The molecule has 2 aromatic carbocycles. The lowest BCUT2D eigenvalue weighted by atomic mass is 10.2. The molecule has 33 heavy (non-hydrogen) atoms. The number of nitrogens with zero attached hydrogens (tertiary/aromatic N) is 4. The van der Waals surface area contributed by atoms with E-state index in [0.29, 0.717) is 16.4 Å². The number of nitrogens with one attached hydrogen (secondary N) is 2. The fourth-order valence-corrected chi connectivity index (χ4v) is 4.68. The normalized spacial score (nSPS) is 11.7. The molecule has 0 amide bonds. The van der Waals surface area contributed by atoms with Crippen molar-refractivity contribution in [2.24, 2.45) is 10.2 Å². The molecule has 0 saturated carbocycles. The van der Waals surface area contributed by atoms with Crippen molar-refractivity contribution in [2.75, 3.05) is 4.72 Å². The molecule has 0 saturated heterocycles. The maximum Gasteiger partial charge on any atom is 0.302 e. The number of rotatable bonds is 6. The van der Waals surface area contributed by atoms with Gasteiger partial charge in [0.1, 0.15) is 0 Å². The molecule has 2 N–H and O–H groups in total. The topological polar surface area (TPSA) is 139 Å². The minimum atomic E-state index is -3.79. The Morgan fingerprint density at radius 3 is 2.45 bits per heavy atom. The Kier molecular flexibility index (Phi) is 6.22. The monoisotopic (exact) mass is 502 g/mol. The molecule has 168 valence electrons. The van der Waals surface area contributed by atoms with Crippen molar-refractivity contribution in [3.8, 4) is 0 Å². The summed E-state index contributed by atoms with van der Waals surface area (Å²) < 4.78 is 28.0. The van der Waals surface area contributed by atoms with Gasteiger partial charge in [-0.25, -0.2) is 13.4 Å². The molecule has 4 aromatic rings. The molecule has 0 radical (unpaired) electrons. The van der Waals surface area contributed by atoms with Gasteiger partial charge in [0, 0.05) is 22.2 Å². The summed E-state index contributed by atoms with van der Waals surface area (Å²) in [5.41, 5.74) is 0.230. The zero-order valence-electron chi connectivity index (χ0n) is 16.9. The highest BCUT2D eigenvalue weighted by Crippen LogP contribution is 2.22. The average molecular weight is 503 g/mol. The van der Waals surface area contributed by atoms with E-state index in [4.69, 9.17) is 11.6 Å². The van der Waals surface area contributed by atoms with E-state index in [0.717, 1.165) is 16.0 Å². The number of sulfonamides is 1. The molecule has 0 unspecified atom stereocenters. The summed E-state index contributed by atoms with van der Waals surface area (Å²) in [6.07, 6.45) is 1.49. The van der Waals surface area contributed by atoms with E-state index in [1.807, 2.05) is 0 Å². The number of hydrogen-bond acceptors (Lipinski definition) is 8. The Morgan fingerprint density at radius 1 is 1.12 bits per heavy atom. The summed E-state index contributed by atoms with van der Waals surface area (Å²) in [5, 5.41) is 13.0. The van der Waals surface area contributed by atoms with Crippen LogP contribution in [-0.2, 0) is 10.0 Å². The SMILES string of the molecule is Cc1[nH]n(C(=O)c2ccc(Cl)cc2)c(=O)c1N=Nc1ccc(S(=O)(=O)Nc2nccs2)cc1. The van der Waals surface area contributed by atoms with E-state index in [1.54, 1.807) is 24.4 Å². The van der Waals surface area contributed by atoms with Crippen LogP contribution >= 0.6 is 22.9 Å². The lowest BCUT2D eigenvalue weighted by Gasteiger charge is -2.04. The standard InChI is InChI=1S/C20H15ClN6O4S2/c1-12-17(19(29)27(25-12)18(28)13-2-4-14(21)5-3-13)24-23-15-6-8-16(9-7-15)33(30,31)26-20-22-10-11-32-20/h2-11,25H,1H3,(H,22,26). The third kappa shape index (κ3) is 4.92. The first kappa shape index (κ1) is 22.6. The summed E-state index contributed by atoms with van der Waals surface area (Å²) in [4.78, 5) is 29.2. The van der Waals surface area contributed by atoms with Crippen LogP contribution in [0.1, 0.15) is 16.1 Å². The molecule has 0 aliphatic heterocycles. The second-order valence-corrected chi connectivity index (χ2v) is 9.69. The van der Waals surface area contributed by atoms with Crippen molar-refractivity contribution >= 4 is 55.4 Å². The minimum Gasteiger partial charge on any atom is -0.290 e. The van der Waals surface area contributed by atoms with Crippen LogP contribution in [0, 0.1) is 6.92 Å². The molecule has 0 bridgehead atoms. The molecular formula is C20H15ClN6O4S2. The number of anilines is 1. The van der Waals surface area contributed by atoms with E-state index in [-0.39, 0.29) is 21.3 Å². The number of halogens is 1. The molecule has 0 atom stereocenters. The molecular weight excluding hydrogens is 488 g/mol. The van der Waals surface area contributed by atoms with E-state index in [1.165, 1.54) is 42.6 Å². The second kappa shape index (κ2) is 9.10. The predicted octanol–water partition coefficient (Wildman–Crippen LogP) is 4.50. The molecule has 4 rings (SSSR count). The lowest BCUT2D eigenvalue weighted by molar-refractivity contribution is 0.0941. The first-order valence-electron chi connectivity index (χ1n) is 9.30. The second-order valence-electron chi connectivity index (χ2n) is 6.67. The molecule has 13 heteroatoms. The number of carbonyl (C=O) groups excluding carboxylic acids is 1. The van der Waals surface area contributed by atoms with Crippen molar-refractivity contribution in [1.82, 2.24) is 14.8 Å². The first-order chi connectivity index (χ1) is 15.7. The fourth-order valence-electron chi connectivity index (χ4n) is 2.77. The van der Waals surface area contributed by atoms with Crippen LogP contribution in [0.4, 0.5) is 16.5 Å². The quantitative estimate of drug-likeness (QED) is 0.374. The number of carbonyl (C=O) groups is 1. The van der Waals surface area contributed by atoms with Gasteiger partial charge < -0.3 is 0 Å². The van der Waals surface area contributed by atoms with Gasteiger partial charge in [0.05, 0.1) is 16.3 Å². The van der Waals surface area contributed by atoms with Crippen LogP contribution in [0.25, 0.3) is 0 Å². The smallest absolute Gasteiger partial charge is 0.290 e. The third-order valence-electron chi connectivity index (χ3n) is 4.40. The third-order valence-corrected chi connectivity index (χ3v) is 6.83. The maximum absolute atomic E-state index is 12.7. The van der Waals surface area contributed by atoms with Crippen molar-refractivity contribution in [2.45, 2.75) is 11.8 Å². The first-order valence-corrected chi connectivity index (χ1v) is 12.0. The Morgan fingerprint density at radius 2 is 1.82 bits per heavy atom. The number of benzene rings is 2. The summed E-state index contributed by atoms with van der Waals surface area (Å²) in [5.74, 6) is -0.566. The highest BCUT2D eigenvalue weighted by atomic mass is 35.5. The molecule has 0 aliphatic rings. The zero-order chi connectivity index (χ0) is 23.6. The van der Waals surface area contributed by atoms with Crippen LogP contribution in [0.5, 0.6) is 0 Å². The van der Waals surface area contributed by atoms with Gasteiger partial charge in [-0.2, -0.15) is 9.80 Å². The Labute approximate surface area is 196 Å². The molecule has 10 nitrogen and oxygen atoms in total. The fraction of sp³-hybridized carbons (Fsp3) is 0.0500. The van der Waals surface area contributed by atoms with E-state index < -0.39 is 21.5 Å². The molecule has 0 aliphatic carbocycles. The highest BCUT2D eigenvalue weighted by Gasteiger charge is 2.18. The van der Waals surface area contributed by atoms with Gasteiger partial charge in [-0.15, -0.1) is 16.5 Å². The number of thiazole rings is 1. The van der Waals surface area contributed by atoms with Crippen molar-refractivity contribution in [1.29, 1.82) is 0 Å². The van der Waals surface area contributed by atoms with Gasteiger partial charge >= 0.3 is 5.56 Å². The van der Waals surface area contributed by atoms with Gasteiger partial charge in [0.25, 0.3) is 15.9 Å². The molecule has 0 spiro atoms. The largest absolute Gasteiger partial charge is 0.302 e. The van der Waals surface area contributed by atoms with Gasteiger partial charge in [0.2, 0.25) is 0 Å². The summed E-state index contributed by atoms with van der Waals surface area (Å²) >= 11 is 6.99. The van der Waals surface area contributed by atoms with E-state index in [2.05, 4.69) is 25.0 Å².